The van der Waals surface area contributed by atoms with Crippen molar-refractivity contribution < 1.29 is 24.3 Å². The Bertz CT molecular complexity index is 1160. The Morgan fingerprint density at radius 1 is 1.44 bits per heavy atom. The van der Waals surface area contributed by atoms with Gasteiger partial charge in [0.05, 0.1) is 0 Å². The molecule has 0 aliphatic carbocycles. The van der Waals surface area contributed by atoms with Gasteiger partial charge in [0.25, 0.3) is 11.8 Å². The summed E-state index contributed by atoms with van der Waals surface area (Å²) in [6, 6.07) is -0.915. The van der Waals surface area contributed by atoms with Crippen LogP contribution in [0.4, 0.5) is 5.13 Å². The predicted octanol–water partition coefficient (Wildman–Crippen LogP) is 1.22. The zero-order chi connectivity index (χ0) is 24.2. The first-order valence-electron chi connectivity index (χ1n) is 9.47. The van der Waals surface area contributed by atoms with Gasteiger partial charge in [-0.05, 0) is 5.57 Å². The highest BCUT2D eigenvalue weighted by atomic mass is 79.9. The van der Waals surface area contributed by atoms with Crippen LogP contribution in [0.25, 0.3) is 0 Å². The van der Waals surface area contributed by atoms with Crippen LogP contribution in [-0.4, -0.2) is 83.5 Å². The van der Waals surface area contributed by atoms with Crippen LogP contribution in [0.15, 0.2) is 31.7 Å². The Balaban J connectivity index is 1.49. The van der Waals surface area contributed by atoms with Gasteiger partial charge in [0.1, 0.15) is 34.9 Å². The summed E-state index contributed by atoms with van der Waals surface area (Å²) in [4.78, 5) is 48.3. The number of fused-ring (bicyclic) bond motifs is 1. The molecule has 0 bridgehead atoms. The van der Waals surface area contributed by atoms with E-state index >= 15 is 0 Å². The van der Waals surface area contributed by atoms with Gasteiger partial charge >= 0.3 is 5.97 Å². The number of oxime groups is 1. The maximum atomic E-state index is 13.0. The number of carbonyl (C=O) groups excluding carboxylic acids is 2. The molecule has 34 heavy (non-hydrogen) atoms. The third-order valence-corrected chi connectivity index (χ3v) is 8.83. The second-order valence-corrected chi connectivity index (χ2v) is 11.5. The molecule has 17 heteroatoms. The van der Waals surface area contributed by atoms with E-state index in [1.807, 2.05) is 0 Å². The maximum absolute atomic E-state index is 13.0. The molecule has 2 aromatic heterocycles. The van der Waals surface area contributed by atoms with Crippen LogP contribution in [0.2, 0.25) is 0 Å². The van der Waals surface area contributed by atoms with E-state index in [0.29, 0.717) is 26.7 Å². The van der Waals surface area contributed by atoms with Gasteiger partial charge in [-0.2, -0.15) is 0 Å². The second kappa shape index (κ2) is 11.0. The summed E-state index contributed by atoms with van der Waals surface area (Å²) in [5.41, 5.74) is 7.91. The molecule has 4 heterocycles. The first-order chi connectivity index (χ1) is 16.4. The quantitative estimate of drug-likeness (QED) is 0.0887. The van der Waals surface area contributed by atoms with Crippen molar-refractivity contribution in [1.82, 2.24) is 25.4 Å². The maximum Gasteiger partial charge on any atom is 0.352 e. The number of nitrogens with one attached hydrogen (secondary N) is 1. The molecule has 2 atom stereocenters. The van der Waals surface area contributed by atoms with Gasteiger partial charge < -0.3 is 21.0 Å². The van der Waals surface area contributed by atoms with Crippen molar-refractivity contribution in [3.05, 3.63) is 27.9 Å². The summed E-state index contributed by atoms with van der Waals surface area (Å²) in [7, 11) is 0. The van der Waals surface area contributed by atoms with Crippen molar-refractivity contribution in [2.24, 2.45) is 5.16 Å². The number of halogens is 1. The number of carboxylic acids is 1. The van der Waals surface area contributed by atoms with Gasteiger partial charge in [0.15, 0.2) is 15.2 Å². The summed E-state index contributed by atoms with van der Waals surface area (Å²) in [5, 5.41) is 25.7. The number of carbonyl (C=O) groups is 3. The molecular formula is C17H16BrN7O5S4. The zero-order valence-corrected chi connectivity index (χ0v) is 21.9. The molecule has 1 saturated heterocycles. The van der Waals surface area contributed by atoms with E-state index < -0.39 is 29.2 Å². The van der Waals surface area contributed by atoms with Crippen molar-refractivity contribution in [3.8, 4) is 0 Å². The van der Waals surface area contributed by atoms with Crippen LogP contribution < -0.4 is 11.1 Å². The summed E-state index contributed by atoms with van der Waals surface area (Å²) in [5.74, 6) is -1.62. The third-order valence-electron chi connectivity index (χ3n) is 4.55. The van der Waals surface area contributed by atoms with Gasteiger partial charge in [0.2, 0.25) is 0 Å². The van der Waals surface area contributed by atoms with Crippen LogP contribution in [0.3, 0.4) is 0 Å². The second-order valence-electron chi connectivity index (χ2n) is 6.64. The predicted molar refractivity (Wildman–Crippen MR) is 133 cm³/mol. The van der Waals surface area contributed by atoms with Crippen molar-refractivity contribution in [2.45, 2.75) is 15.8 Å². The monoisotopic (exact) mass is 605 g/mol. The lowest BCUT2D eigenvalue weighted by molar-refractivity contribution is -0.150. The Labute approximate surface area is 217 Å². The minimum atomic E-state index is -1.19. The lowest BCUT2D eigenvalue weighted by Gasteiger charge is -2.49. The number of hydrogen-bond acceptors (Lipinski definition) is 13. The number of aliphatic carboxylic acids is 1. The molecule has 0 aromatic carbocycles. The summed E-state index contributed by atoms with van der Waals surface area (Å²) < 4.78 is 0.709. The molecule has 12 nitrogen and oxygen atoms in total. The van der Waals surface area contributed by atoms with E-state index in [4.69, 9.17) is 10.6 Å². The summed E-state index contributed by atoms with van der Waals surface area (Å²) >= 11 is 8.43. The SMILES string of the molecule is Nc1nc(C(=NOCCBr)C(=O)NC2C(=O)N3C(C(=O)O)=C(CSc4nncs4)CS[C@@H]23)cs1. The van der Waals surface area contributed by atoms with Gasteiger partial charge in [-0.15, -0.1) is 33.3 Å². The van der Waals surface area contributed by atoms with E-state index in [1.54, 1.807) is 10.9 Å². The lowest BCUT2D eigenvalue weighted by atomic mass is 10.0. The Morgan fingerprint density at radius 3 is 2.91 bits per heavy atom. The fraction of sp³-hybridized carbons (Fsp3) is 0.353. The molecule has 4 rings (SSSR count). The van der Waals surface area contributed by atoms with Gasteiger partial charge in [-0.25, -0.2) is 9.78 Å². The van der Waals surface area contributed by atoms with E-state index in [1.165, 1.54) is 39.8 Å². The standard InChI is InChI=1S/C17H16BrN7O5S4/c18-1-2-30-24-9(8-5-32-16(19)21-8)12(26)22-10-13(27)25-11(15(28)29)7(3-31-14(10)25)4-33-17-23-20-6-34-17/h5-6,10,14H,1-4H2,(H2,19,21)(H,22,26)(H,28,29)/t10?,14-/m0/s1. The lowest BCUT2D eigenvalue weighted by Crippen LogP contribution is -2.71. The first-order valence-corrected chi connectivity index (χ1v) is 14.4. The Kier molecular flexibility index (Phi) is 8.07. The molecule has 180 valence electrons. The number of nitrogens with two attached hydrogens (primary N) is 1. The number of amides is 2. The molecule has 2 amide bonds. The van der Waals surface area contributed by atoms with Crippen molar-refractivity contribution >= 4 is 90.8 Å². The van der Waals surface area contributed by atoms with Gasteiger partial charge in [0, 0.05) is 22.2 Å². The van der Waals surface area contributed by atoms with Gasteiger partial charge in [-0.3, -0.25) is 14.5 Å². The van der Waals surface area contributed by atoms with Crippen LogP contribution >= 0.6 is 62.1 Å². The number of nitrogens with zero attached hydrogens (tertiary/aromatic N) is 5. The molecule has 0 spiro atoms. The average molecular weight is 607 g/mol. The third kappa shape index (κ3) is 5.22. The number of alkyl halides is 1. The van der Waals surface area contributed by atoms with E-state index in [-0.39, 0.29) is 28.8 Å². The fourth-order valence-corrected chi connectivity index (χ4v) is 6.79. The van der Waals surface area contributed by atoms with E-state index in [2.05, 4.69) is 41.6 Å². The topological polar surface area (TPSA) is 173 Å². The normalized spacial score (nSPS) is 20.1. The summed E-state index contributed by atoms with van der Waals surface area (Å²) in [6.07, 6.45) is 0. The minimum absolute atomic E-state index is 0.0573. The first kappa shape index (κ1) is 24.9. The highest BCUT2D eigenvalue weighted by Crippen LogP contribution is 2.41. The number of rotatable bonds is 10. The molecule has 1 unspecified atom stereocenters. The molecule has 2 aliphatic rings. The number of β-lactam (4-membered cyclic amide) rings is 1. The highest BCUT2D eigenvalue weighted by Gasteiger charge is 2.54. The van der Waals surface area contributed by atoms with Gasteiger partial charge in [-0.1, -0.05) is 44.2 Å². The number of thiazole rings is 1. The van der Waals surface area contributed by atoms with Crippen molar-refractivity contribution in [1.29, 1.82) is 0 Å². The summed E-state index contributed by atoms with van der Waals surface area (Å²) in [6.45, 7) is 0.218. The number of aromatic nitrogens is 3. The molecule has 2 aromatic rings. The van der Waals surface area contributed by atoms with Crippen LogP contribution in [0.5, 0.6) is 0 Å². The molecule has 0 saturated carbocycles. The Morgan fingerprint density at radius 2 is 2.26 bits per heavy atom. The number of nitrogen functional groups attached to an aromatic ring is 1. The molecule has 2 aliphatic heterocycles. The molecule has 0 radical (unpaired) electrons. The Hall–Kier alpha value is -2.21. The fourth-order valence-electron chi connectivity index (χ4n) is 3.12. The van der Waals surface area contributed by atoms with Crippen LogP contribution in [0.1, 0.15) is 5.69 Å². The highest BCUT2D eigenvalue weighted by molar-refractivity contribution is 9.09. The molecule has 1 fully saturated rings. The van der Waals surface area contributed by atoms with E-state index in [0.717, 1.165) is 11.3 Å². The van der Waals surface area contributed by atoms with E-state index in [9.17, 15) is 19.5 Å². The van der Waals surface area contributed by atoms with Crippen LogP contribution in [0, 0.1) is 0 Å². The van der Waals surface area contributed by atoms with Crippen molar-refractivity contribution in [3.63, 3.8) is 0 Å². The number of thioether (sulfide) groups is 2. The zero-order valence-electron chi connectivity index (χ0n) is 17.0. The molecule has 4 N–H and O–H groups in total. The smallest absolute Gasteiger partial charge is 0.352 e. The van der Waals surface area contributed by atoms with Crippen molar-refractivity contribution in [2.75, 3.05) is 29.2 Å². The largest absolute Gasteiger partial charge is 0.477 e. The minimum Gasteiger partial charge on any atom is -0.477 e. The average Bonchev–Trinajstić information content (AvgIpc) is 3.49. The van der Waals surface area contributed by atoms with Crippen LogP contribution in [-0.2, 0) is 19.2 Å². The number of carboxylic acid groups (broad SMARTS) is 1. The molecular weight excluding hydrogens is 590 g/mol. The number of anilines is 1. The number of hydrogen-bond donors (Lipinski definition) is 3.